The largest absolute Gasteiger partial charge is 0.391 e. The maximum absolute atomic E-state index is 11.7. The number of halogens is 1. The molecule has 1 aliphatic heterocycles. The zero-order chi connectivity index (χ0) is 13.0. The van der Waals surface area contributed by atoms with Crippen LogP contribution in [-0.4, -0.2) is 41.3 Å². The lowest BCUT2D eigenvalue weighted by molar-refractivity contribution is -0.122. The van der Waals surface area contributed by atoms with E-state index in [0.717, 1.165) is 0 Å². The number of nitrogens with zero attached hydrogens (tertiary/aromatic N) is 1. The van der Waals surface area contributed by atoms with Crippen LogP contribution in [0.2, 0.25) is 0 Å². The summed E-state index contributed by atoms with van der Waals surface area (Å²) in [5.41, 5.74) is -0.199. The van der Waals surface area contributed by atoms with Gasteiger partial charge in [0.25, 0.3) is 5.56 Å². The minimum Gasteiger partial charge on any atom is -0.391 e. The van der Waals surface area contributed by atoms with Gasteiger partial charge in [0, 0.05) is 37.8 Å². The van der Waals surface area contributed by atoms with Crippen LogP contribution in [0, 0.1) is 5.92 Å². The van der Waals surface area contributed by atoms with E-state index < -0.39 is 6.10 Å². The van der Waals surface area contributed by atoms with Crippen LogP contribution in [0.25, 0.3) is 0 Å². The van der Waals surface area contributed by atoms with Gasteiger partial charge in [-0.1, -0.05) is 6.07 Å². The molecule has 1 aromatic rings. The minimum absolute atomic E-state index is 0. The standard InChI is InChI=1S/C12H17N3O3.ClH/c16-10-7-13-5-9(10)6-14-11(17)8-15-4-2-1-3-12(15)18;/h1-4,9-10,13,16H,5-8H2,(H,14,17);1H. The van der Waals surface area contributed by atoms with Crippen LogP contribution in [0.3, 0.4) is 0 Å². The van der Waals surface area contributed by atoms with Gasteiger partial charge in [0.05, 0.1) is 6.10 Å². The van der Waals surface area contributed by atoms with Crippen molar-refractivity contribution in [2.45, 2.75) is 12.6 Å². The fourth-order valence-corrected chi connectivity index (χ4v) is 1.97. The van der Waals surface area contributed by atoms with Crippen molar-refractivity contribution >= 4 is 18.3 Å². The number of hydrogen-bond donors (Lipinski definition) is 3. The van der Waals surface area contributed by atoms with Gasteiger partial charge in [-0.2, -0.15) is 0 Å². The molecule has 1 amide bonds. The number of β-amino-alcohol motifs (C(OH)–C–C–N with tert-alkyl or cyclic N) is 1. The Morgan fingerprint density at radius 3 is 2.89 bits per heavy atom. The molecule has 1 aromatic heterocycles. The molecule has 2 heterocycles. The van der Waals surface area contributed by atoms with Gasteiger partial charge in [-0.25, -0.2) is 0 Å². The van der Waals surface area contributed by atoms with E-state index in [1.165, 1.54) is 10.6 Å². The molecule has 6 nitrogen and oxygen atoms in total. The first kappa shape index (κ1) is 15.7. The summed E-state index contributed by atoms with van der Waals surface area (Å²) in [5.74, 6) is -0.177. The summed E-state index contributed by atoms with van der Waals surface area (Å²) in [6.45, 7) is 1.70. The smallest absolute Gasteiger partial charge is 0.250 e. The van der Waals surface area contributed by atoms with E-state index in [9.17, 15) is 14.7 Å². The summed E-state index contributed by atoms with van der Waals surface area (Å²) in [7, 11) is 0. The molecular weight excluding hydrogens is 270 g/mol. The van der Waals surface area contributed by atoms with Crippen LogP contribution in [-0.2, 0) is 11.3 Å². The van der Waals surface area contributed by atoms with E-state index in [4.69, 9.17) is 0 Å². The zero-order valence-electron chi connectivity index (χ0n) is 10.4. The Morgan fingerprint density at radius 1 is 1.47 bits per heavy atom. The number of aliphatic hydroxyl groups is 1. The lowest BCUT2D eigenvalue weighted by atomic mass is 10.1. The lowest BCUT2D eigenvalue weighted by Gasteiger charge is -2.14. The number of carbonyl (C=O) groups excluding carboxylic acids is 1. The van der Waals surface area contributed by atoms with Crippen LogP contribution in [0.1, 0.15) is 0 Å². The van der Waals surface area contributed by atoms with E-state index >= 15 is 0 Å². The average Bonchev–Trinajstić information content (AvgIpc) is 2.75. The Labute approximate surface area is 117 Å². The molecule has 2 rings (SSSR count). The van der Waals surface area contributed by atoms with Crippen LogP contribution in [0.4, 0.5) is 0 Å². The molecule has 0 aliphatic carbocycles. The number of nitrogens with one attached hydrogen (secondary N) is 2. The summed E-state index contributed by atoms with van der Waals surface area (Å²) in [4.78, 5) is 23.1. The van der Waals surface area contributed by atoms with Gasteiger partial charge < -0.3 is 20.3 Å². The van der Waals surface area contributed by atoms with Crippen molar-refractivity contribution in [3.8, 4) is 0 Å². The normalized spacial score (nSPS) is 21.7. The predicted octanol–water partition coefficient (Wildman–Crippen LogP) is -1.03. The van der Waals surface area contributed by atoms with Crippen molar-refractivity contribution in [1.82, 2.24) is 15.2 Å². The molecule has 106 valence electrons. The molecule has 19 heavy (non-hydrogen) atoms. The molecule has 3 N–H and O–H groups in total. The topological polar surface area (TPSA) is 83.4 Å². The highest BCUT2D eigenvalue weighted by atomic mass is 35.5. The predicted molar refractivity (Wildman–Crippen MR) is 73.3 cm³/mol. The monoisotopic (exact) mass is 287 g/mol. The molecular formula is C12H18ClN3O3. The molecule has 1 saturated heterocycles. The first-order chi connectivity index (χ1) is 8.66. The van der Waals surface area contributed by atoms with Crippen molar-refractivity contribution in [3.63, 3.8) is 0 Å². The molecule has 1 fully saturated rings. The molecule has 2 atom stereocenters. The van der Waals surface area contributed by atoms with Crippen molar-refractivity contribution < 1.29 is 9.90 Å². The molecule has 0 saturated carbocycles. The third-order valence-electron chi connectivity index (χ3n) is 3.08. The molecule has 7 heteroatoms. The summed E-state index contributed by atoms with van der Waals surface area (Å²) in [6, 6.07) is 4.76. The van der Waals surface area contributed by atoms with E-state index in [1.54, 1.807) is 18.3 Å². The average molecular weight is 288 g/mol. The lowest BCUT2D eigenvalue weighted by Crippen LogP contribution is -2.37. The Hall–Kier alpha value is -1.37. The van der Waals surface area contributed by atoms with Gasteiger partial charge in [0.1, 0.15) is 6.54 Å². The first-order valence-corrected chi connectivity index (χ1v) is 5.98. The van der Waals surface area contributed by atoms with E-state index in [1.807, 2.05) is 0 Å². The Kier molecular flexibility index (Phi) is 6.01. The highest BCUT2D eigenvalue weighted by Crippen LogP contribution is 2.06. The van der Waals surface area contributed by atoms with Crippen molar-refractivity contribution in [2.24, 2.45) is 5.92 Å². The number of amides is 1. The van der Waals surface area contributed by atoms with E-state index in [2.05, 4.69) is 10.6 Å². The second-order valence-corrected chi connectivity index (χ2v) is 4.46. The molecule has 0 spiro atoms. The van der Waals surface area contributed by atoms with Crippen LogP contribution in [0.5, 0.6) is 0 Å². The Bertz CT molecular complexity index is 477. The van der Waals surface area contributed by atoms with Crippen molar-refractivity contribution in [2.75, 3.05) is 19.6 Å². The van der Waals surface area contributed by atoms with Crippen LogP contribution < -0.4 is 16.2 Å². The number of aromatic nitrogens is 1. The van der Waals surface area contributed by atoms with Crippen molar-refractivity contribution in [1.29, 1.82) is 0 Å². The van der Waals surface area contributed by atoms with Crippen LogP contribution >= 0.6 is 12.4 Å². The van der Waals surface area contributed by atoms with Gasteiger partial charge in [-0.05, 0) is 6.07 Å². The first-order valence-electron chi connectivity index (χ1n) is 5.98. The highest BCUT2D eigenvalue weighted by Gasteiger charge is 2.24. The number of carbonyl (C=O) groups is 1. The van der Waals surface area contributed by atoms with Gasteiger partial charge in [0.2, 0.25) is 5.91 Å². The van der Waals surface area contributed by atoms with Gasteiger partial charge in [-0.3, -0.25) is 9.59 Å². The van der Waals surface area contributed by atoms with E-state index in [0.29, 0.717) is 19.6 Å². The maximum atomic E-state index is 11.7. The van der Waals surface area contributed by atoms with Crippen molar-refractivity contribution in [3.05, 3.63) is 34.7 Å². The van der Waals surface area contributed by atoms with Crippen LogP contribution in [0.15, 0.2) is 29.2 Å². The van der Waals surface area contributed by atoms with E-state index in [-0.39, 0.29) is 36.3 Å². The number of aliphatic hydroxyl groups excluding tert-OH is 1. The summed E-state index contributed by atoms with van der Waals surface area (Å²) < 4.78 is 1.35. The molecule has 0 bridgehead atoms. The van der Waals surface area contributed by atoms with Gasteiger partial charge in [0.15, 0.2) is 0 Å². The SMILES string of the molecule is Cl.O=C(Cn1ccccc1=O)NCC1CNCC1O. The summed E-state index contributed by atoms with van der Waals surface area (Å²) >= 11 is 0. The van der Waals surface area contributed by atoms with Gasteiger partial charge in [-0.15, -0.1) is 12.4 Å². The minimum atomic E-state index is -0.412. The third kappa shape index (κ3) is 4.34. The molecule has 0 aromatic carbocycles. The fraction of sp³-hybridized carbons (Fsp3) is 0.500. The number of rotatable bonds is 4. The quantitative estimate of drug-likeness (QED) is 0.661. The maximum Gasteiger partial charge on any atom is 0.250 e. The van der Waals surface area contributed by atoms with Gasteiger partial charge >= 0.3 is 0 Å². The highest BCUT2D eigenvalue weighted by molar-refractivity contribution is 5.85. The summed E-state index contributed by atoms with van der Waals surface area (Å²) in [5, 5.41) is 15.3. The number of hydrogen-bond acceptors (Lipinski definition) is 4. The number of pyridine rings is 1. The second-order valence-electron chi connectivity index (χ2n) is 4.46. The Morgan fingerprint density at radius 2 is 2.26 bits per heavy atom. The second kappa shape index (κ2) is 7.28. The molecule has 1 aliphatic rings. The fourth-order valence-electron chi connectivity index (χ4n) is 1.97. The molecule has 0 radical (unpaired) electrons. The third-order valence-corrected chi connectivity index (χ3v) is 3.08. The zero-order valence-corrected chi connectivity index (χ0v) is 11.2. The Balaban J connectivity index is 0.00000180. The summed E-state index contributed by atoms with van der Waals surface area (Å²) in [6.07, 6.45) is 1.16. The molecule has 2 unspecified atom stereocenters.